The van der Waals surface area contributed by atoms with Gasteiger partial charge in [-0.15, -0.1) is 0 Å². The highest BCUT2D eigenvalue weighted by Gasteiger charge is 2.16. The van der Waals surface area contributed by atoms with Crippen LogP contribution in [0.15, 0.2) is 24.3 Å². The molecule has 0 fully saturated rings. The maximum Gasteiger partial charge on any atom is 0.314 e. The van der Waals surface area contributed by atoms with Crippen molar-refractivity contribution in [1.82, 2.24) is 10.6 Å². The molecular weight excluding hydrogens is 268 g/mol. The number of urea groups is 1. The number of hydrogen-bond donors (Lipinski definition) is 3. The Morgan fingerprint density at radius 3 is 2.42 bits per heavy atom. The summed E-state index contributed by atoms with van der Waals surface area (Å²) in [5.41, 5.74) is 0.837. The Morgan fingerprint density at radius 2 is 1.89 bits per heavy atom. The van der Waals surface area contributed by atoms with Crippen molar-refractivity contribution in [3.05, 3.63) is 34.9 Å². The van der Waals surface area contributed by atoms with E-state index in [4.69, 9.17) is 16.7 Å². The lowest BCUT2D eigenvalue weighted by Crippen LogP contribution is -2.37. The number of aliphatic carboxylic acids is 1. The lowest BCUT2D eigenvalue weighted by Gasteiger charge is -2.16. The summed E-state index contributed by atoms with van der Waals surface area (Å²) in [5.74, 6) is -1.19. The van der Waals surface area contributed by atoms with E-state index in [9.17, 15) is 9.59 Å². The van der Waals surface area contributed by atoms with Crippen LogP contribution in [0.3, 0.4) is 0 Å². The first-order valence-corrected chi connectivity index (χ1v) is 6.39. The highest BCUT2D eigenvalue weighted by Crippen LogP contribution is 2.21. The van der Waals surface area contributed by atoms with E-state index in [1.54, 1.807) is 24.3 Å². The van der Waals surface area contributed by atoms with Crippen LogP contribution in [0.4, 0.5) is 4.79 Å². The number of amides is 2. The monoisotopic (exact) mass is 284 g/mol. The van der Waals surface area contributed by atoms with Crippen LogP contribution in [0.1, 0.15) is 24.8 Å². The van der Waals surface area contributed by atoms with Crippen molar-refractivity contribution in [2.45, 2.75) is 19.3 Å². The van der Waals surface area contributed by atoms with E-state index >= 15 is 0 Å². The van der Waals surface area contributed by atoms with E-state index in [-0.39, 0.29) is 24.9 Å². The molecule has 3 N–H and O–H groups in total. The molecule has 0 radical (unpaired) electrons. The number of carboxylic acids is 1. The van der Waals surface area contributed by atoms with Gasteiger partial charge in [-0.25, -0.2) is 4.79 Å². The average Bonchev–Trinajstić information content (AvgIpc) is 2.35. The third kappa shape index (κ3) is 5.61. The van der Waals surface area contributed by atoms with E-state index in [0.717, 1.165) is 5.56 Å². The number of halogens is 1. The van der Waals surface area contributed by atoms with Gasteiger partial charge in [-0.1, -0.05) is 23.7 Å². The van der Waals surface area contributed by atoms with Crippen LogP contribution in [0.5, 0.6) is 0 Å². The summed E-state index contributed by atoms with van der Waals surface area (Å²) in [5, 5.41) is 14.8. The van der Waals surface area contributed by atoms with E-state index in [1.807, 2.05) is 6.92 Å². The molecule has 0 bridgehead atoms. The zero-order valence-corrected chi connectivity index (χ0v) is 11.4. The quantitative estimate of drug-likeness (QED) is 0.749. The van der Waals surface area contributed by atoms with Crippen molar-refractivity contribution >= 4 is 23.6 Å². The second-order valence-electron chi connectivity index (χ2n) is 4.09. The zero-order valence-electron chi connectivity index (χ0n) is 10.6. The lowest BCUT2D eigenvalue weighted by molar-refractivity contribution is -0.137. The molecule has 0 spiro atoms. The van der Waals surface area contributed by atoms with Crippen molar-refractivity contribution in [3.63, 3.8) is 0 Å². The highest BCUT2D eigenvalue weighted by molar-refractivity contribution is 6.30. The van der Waals surface area contributed by atoms with Crippen LogP contribution >= 0.6 is 11.6 Å². The first kappa shape index (κ1) is 15.3. The first-order chi connectivity index (χ1) is 9.02. The van der Waals surface area contributed by atoms with Crippen LogP contribution in [0, 0.1) is 0 Å². The molecule has 2 amide bonds. The Labute approximate surface area is 117 Å². The minimum atomic E-state index is -0.905. The topological polar surface area (TPSA) is 78.4 Å². The van der Waals surface area contributed by atoms with Crippen molar-refractivity contribution < 1.29 is 14.7 Å². The number of nitrogens with one attached hydrogen (secondary N) is 2. The summed E-state index contributed by atoms with van der Waals surface area (Å²) >= 11 is 5.79. The third-order valence-electron chi connectivity index (χ3n) is 2.61. The minimum absolute atomic E-state index is 0.0476. The van der Waals surface area contributed by atoms with E-state index in [1.165, 1.54) is 0 Å². The summed E-state index contributed by atoms with van der Waals surface area (Å²) in [7, 11) is 0. The molecule has 0 heterocycles. The van der Waals surface area contributed by atoms with Crippen molar-refractivity contribution in [3.8, 4) is 0 Å². The van der Waals surface area contributed by atoms with Gasteiger partial charge in [0.1, 0.15) is 0 Å². The standard InChI is InChI=1S/C13H17ClN2O3/c1-2-15-13(19)16-8-10(7-12(17)18)9-3-5-11(14)6-4-9/h3-6,10H,2,7-8H2,1H3,(H,17,18)(H2,15,16,19). The Kier molecular flexibility index (Phi) is 6.15. The van der Waals surface area contributed by atoms with Crippen LogP contribution in [0.25, 0.3) is 0 Å². The molecule has 0 saturated carbocycles. The Balaban J connectivity index is 2.69. The summed E-state index contributed by atoms with van der Waals surface area (Å²) < 4.78 is 0. The summed E-state index contributed by atoms with van der Waals surface area (Å²) in [6.07, 6.45) is -0.0476. The fraction of sp³-hybridized carbons (Fsp3) is 0.385. The second kappa shape index (κ2) is 7.63. The number of carboxylic acid groups (broad SMARTS) is 1. The molecule has 104 valence electrons. The van der Waals surface area contributed by atoms with E-state index in [0.29, 0.717) is 11.6 Å². The van der Waals surface area contributed by atoms with Gasteiger partial charge in [0, 0.05) is 24.0 Å². The number of carbonyl (C=O) groups excluding carboxylic acids is 1. The molecule has 1 aromatic rings. The Morgan fingerprint density at radius 1 is 1.26 bits per heavy atom. The Hall–Kier alpha value is -1.75. The van der Waals surface area contributed by atoms with Crippen molar-refractivity contribution in [1.29, 1.82) is 0 Å². The van der Waals surface area contributed by atoms with Gasteiger partial charge < -0.3 is 15.7 Å². The number of benzene rings is 1. The van der Waals surface area contributed by atoms with E-state index < -0.39 is 5.97 Å². The van der Waals surface area contributed by atoms with Gasteiger partial charge in [-0.3, -0.25) is 4.79 Å². The van der Waals surface area contributed by atoms with Crippen molar-refractivity contribution in [2.24, 2.45) is 0 Å². The summed E-state index contributed by atoms with van der Waals surface area (Å²) in [6.45, 7) is 2.60. The maximum atomic E-state index is 11.3. The van der Waals surface area contributed by atoms with Gasteiger partial charge in [0.25, 0.3) is 0 Å². The zero-order chi connectivity index (χ0) is 14.3. The van der Waals surface area contributed by atoms with Crippen LogP contribution < -0.4 is 10.6 Å². The normalized spacial score (nSPS) is 11.7. The third-order valence-corrected chi connectivity index (χ3v) is 2.86. The predicted octanol–water partition coefficient (Wildman–Crippen LogP) is 2.22. The molecule has 1 aromatic carbocycles. The number of carbonyl (C=O) groups is 2. The fourth-order valence-electron chi connectivity index (χ4n) is 1.69. The number of hydrogen-bond acceptors (Lipinski definition) is 2. The van der Waals surface area contributed by atoms with Gasteiger partial charge >= 0.3 is 12.0 Å². The molecule has 0 aliphatic heterocycles. The fourth-order valence-corrected chi connectivity index (χ4v) is 1.82. The molecule has 19 heavy (non-hydrogen) atoms. The largest absolute Gasteiger partial charge is 0.481 e. The molecule has 0 saturated heterocycles. The molecule has 1 unspecified atom stereocenters. The molecular formula is C13H17ClN2O3. The summed E-state index contributed by atoms with van der Waals surface area (Å²) in [6, 6.07) is 6.66. The smallest absolute Gasteiger partial charge is 0.314 e. The van der Waals surface area contributed by atoms with Crippen LogP contribution in [-0.4, -0.2) is 30.2 Å². The predicted molar refractivity (Wildman–Crippen MR) is 73.5 cm³/mol. The molecule has 0 aromatic heterocycles. The number of rotatable bonds is 6. The van der Waals surface area contributed by atoms with Gasteiger partial charge in [0.15, 0.2) is 0 Å². The molecule has 0 aliphatic carbocycles. The van der Waals surface area contributed by atoms with Gasteiger partial charge in [-0.05, 0) is 24.6 Å². The average molecular weight is 285 g/mol. The van der Waals surface area contributed by atoms with Crippen LogP contribution in [-0.2, 0) is 4.79 Å². The summed E-state index contributed by atoms with van der Waals surface area (Å²) in [4.78, 5) is 22.2. The van der Waals surface area contributed by atoms with Gasteiger partial charge in [0.05, 0.1) is 6.42 Å². The Bertz CT molecular complexity index is 434. The molecule has 0 aliphatic rings. The second-order valence-corrected chi connectivity index (χ2v) is 4.52. The lowest BCUT2D eigenvalue weighted by atomic mass is 9.96. The van der Waals surface area contributed by atoms with Crippen LogP contribution in [0.2, 0.25) is 5.02 Å². The minimum Gasteiger partial charge on any atom is -0.481 e. The molecule has 1 atom stereocenters. The molecule has 6 heteroatoms. The first-order valence-electron chi connectivity index (χ1n) is 6.02. The van der Waals surface area contributed by atoms with E-state index in [2.05, 4.69) is 10.6 Å². The highest BCUT2D eigenvalue weighted by atomic mass is 35.5. The van der Waals surface area contributed by atoms with Crippen molar-refractivity contribution in [2.75, 3.05) is 13.1 Å². The van der Waals surface area contributed by atoms with Gasteiger partial charge in [-0.2, -0.15) is 0 Å². The van der Waals surface area contributed by atoms with Gasteiger partial charge in [0.2, 0.25) is 0 Å². The molecule has 5 nitrogen and oxygen atoms in total. The SMILES string of the molecule is CCNC(=O)NCC(CC(=O)O)c1ccc(Cl)cc1. The maximum absolute atomic E-state index is 11.3. The molecule has 1 rings (SSSR count).